The van der Waals surface area contributed by atoms with Crippen LogP contribution in [0.5, 0.6) is 0 Å². The molecule has 2 aliphatic heterocycles. The third-order valence-corrected chi connectivity index (χ3v) is 9.07. The van der Waals surface area contributed by atoms with Crippen LogP contribution in [0, 0.1) is 0 Å². The Balaban J connectivity index is 1.25. The van der Waals surface area contributed by atoms with Crippen LogP contribution in [0.4, 0.5) is 0 Å². The molecular weight excluding hydrogens is 558 g/mol. The number of carboxylic acids is 1. The number of carboxylic acid groups (broad SMARTS) is 1. The Morgan fingerprint density at radius 3 is 2.80 bits per heavy atom. The topological polar surface area (TPSA) is 155 Å². The number of fused-ring (bicyclic) bond motifs is 4. The van der Waals surface area contributed by atoms with Crippen LogP contribution in [-0.2, 0) is 25.8 Å². The minimum absolute atomic E-state index is 0.117. The molecule has 2 amide bonds. The number of amides is 2. The summed E-state index contributed by atoms with van der Waals surface area (Å²) in [5.41, 5.74) is 1.63. The largest absolute Gasteiger partial charge is 0.477 e. The van der Waals surface area contributed by atoms with E-state index < -0.39 is 29.2 Å². The molecular formula is C27H21N3O8S2. The van der Waals surface area contributed by atoms with Gasteiger partial charge in [-0.2, -0.15) is 0 Å². The van der Waals surface area contributed by atoms with Gasteiger partial charge in [-0.25, -0.2) is 4.79 Å². The zero-order valence-electron chi connectivity index (χ0n) is 20.8. The Kier molecular flexibility index (Phi) is 6.78. The summed E-state index contributed by atoms with van der Waals surface area (Å²) in [4.78, 5) is 45.5. The smallest absolute Gasteiger partial charge is 0.353 e. The maximum absolute atomic E-state index is 13.1. The highest BCUT2D eigenvalue weighted by Gasteiger charge is 2.54. The van der Waals surface area contributed by atoms with Gasteiger partial charge in [-0.1, -0.05) is 35.1 Å². The number of hydrogen-bond acceptors (Lipinski definition) is 10. The number of para-hydroxylation sites is 1. The molecule has 40 heavy (non-hydrogen) atoms. The molecule has 0 spiro atoms. The predicted octanol–water partition coefficient (Wildman–Crippen LogP) is 3.51. The van der Waals surface area contributed by atoms with Crippen molar-refractivity contribution in [2.24, 2.45) is 5.16 Å². The SMILES string of the molecule is CON=C(C(=O)N[C@@H]1C(=O)N2C(C(=O)O)=C(Sc3ccc4c(c3)oc3c(CO)cccc34)CS[C@H]12)c1ccco1. The van der Waals surface area contributed by atoms with Gasteiger partial charge in [0.05, 0.1) is 12.9 Å². The number of furan rings is 2. The lowest BCUT2D eigenvalue weighted by molar-refractivity contribution is -0.150. The van der Waals surface area contributed by atoms with E-state index in [2.05, 4.69) is 10.5 Å². The third kappa shape index (κ3) is 4.31. The van der Waals surface area contributed by atoms with Gasteiger partial charge in [0.25, 0.3) is 11.8 Å². The second-order valence-electron chi connectivity index (χ2n) is 8.85. The molecule has 1 saturated heterocycles. The van der Waals surface area contributed by atoms with E-state index in [-0.39, 0.29) is 23.8 Å². The number of hydrogen-bond donors (Lipinski definition) is 3. The molecule has 0 saturated carbocycles. The van der Waals surface area contributed by atoms with Crippen LogP contribution in [0.3, 0.4) is 0 Å². The highest BCUT2D eigenvalue weighted by atomic mass is 32.2. The Morgan fingerprint density at radius 2 is 2.08 bits per heavy atom. The minimum atomic E-state index is -1.24. The molecule has 1 fully saturated rings. The fraction of sp³-hybridized carbons (Fsp3) is 0.185. The first kappa shape index (κ1) is 26.0. The van der Waals surface area contributed by atoms with Gasteiger partial charge in [0.2, 0.25) is 5.71 Å². The molecule has 11 nitrogen and oxygen atoms in total. The lowest BCUT2D eigenvalue weighted by Crippen LogP contribution is -2.71. The molecule has 4 heterocycles. The average molecular weight is 580 g/mol. The van der Waals surface area contributed by atoms with E-state index >= 15 is 0 Å². The van der Waals surface area contributed by atoms with E-state index in [4.69, 9.17) is 13.7 Å². The number of thioether (sulfide) groups is 2. The van der Waals surface area contributed by atoms with Gasteiger partial charge in [-0.05, 0) is 30.3 Å². The van der Waals surface area contributed by atoms with E-state index in [1.165, 1.54) is 47.9 Å². The van der Waals surface area contributed by atoms with Gasteiger partial charge in [-0.3, -0.25) is 14.5 Å². The summed E-state index contributed by atoms with van der Waals surface area (Å²) in [5.74, 6) is -1.97. The van der Waals surface area contributed by atoms with Gasteiger partial charge >= 0.3 is 5.97 Å². The van der Waals surface area contributed by atoms with Crippen LogP contribution >= 0.6 is 23.5 Å². The number of nitrogens with one attached hydrogen (secondary N) is 1. The monoisotopic (exact) mass is 579 g/mol. The van der Waals surface area contributed by atoms with Crippen molar-refractivity contribution >= 4 is 69.0 Å². The number of aliphatic hydroxyl groups excluding tert-OH is 1. The molecule has 4 aromatic rings. The van der Waals surface area contributed by atoms with Gasteiger partial charge in [-0.15, -0.1) is 11.8 Å². The summed E-state index contributed by atoms with van der Waals surface area (Å²) < 4.78 is 11.3. The average Bonchev–Trinajstić information content (AvgIpc) is 3.62. The van der Waals surface area contributed by atoms with Crippen LogP contribution in [0.25, 0.3) is 21.9 Å². The standard InChI is InChI=1S/C27H21N3O8S2/c1-36-29-20(17-6-3-9-37-17)24(32)28-21-25(33)30-22(27(34)35)19(12-39-26(21)30)40-14-7-8-15-16-5-2-4-13(11-31)23(16)38-18(15)10-14/h2-10,21,26,31H,11-12H2,1H3,(H,28,32)(H,34,35)/t21-,26-/m1/s1. The Bertz CT molecular complexity index is 1730. The van der Waals surface area contributed by atoms with Crippen molar-refractivity contribution in [1.82, 2.24) is 10.2 Å². The van der Waals surface area contributed by atoms with Crippen LogP contribution in [0.15, 0.2) is 84.3 Å². The van der Waals surface area contributed by atoms with Crippen molar-refractivity contribution in [1.29, 1.82) is 0 Å². The fourth-order valence-corrected chi connectivity index (χ4v) is 7.25. The zero-order chi connectivity index (χ0) is 28.0. The zero-order valence-corrected chi connectivity index (χ0v) is 22.5. The molecule has 0 bridgehead atoms. The van der Waals surface area contributed by atoms with Crippen LogP contribution in [-0.4, -0.2) is 62.9 Å². The molecule has 6 rings (SSSR count). The molecule has 2 aromatic heterocycles. The number of nitrogens with zero attached hydrogens (tertiary/aromatic N) is 2. The summed E-state index contributed by atoms with van der Waals surface area (Å²) in [6, 6.07) is 13.3. The maximum Gasteiger partial charge on any atom is 0.353 e. The summed E-state index contributed by atoms with van der Waals surface area (Å²) in [6.07, 6.45) is 1.38. The highest BCUT2D eigenvalue weighted by Crippen LogP contribution is 2.46. The van der Waals surface area contributed by atoms with Crippen LogP contribution in [0.1, 0.15) is 11.3 Å². The molecule has 2 atom stereocenters. The first-order valence-electron chi connectivity index (χ1n) is 12.0. The normalized spacial score (nSPS) is 19.1. The molecule has 3 N–H and O–H groups in total. The van der Waals surface area contributed by atoms with Crippen LogP contribution < -0.4 is 5.32 Å². The number of β-lactam (4-membered cyclic amide) rings is 1. The number of aliphatic carboxylic acids is 1. The molecule has 13 heteroatoms. The van der Waals surface area contributed by atoms with Crippen molar-refractivity contribution in [2.75, 3.05) is 12.9 Å². The molecule has 0 unspecified atom stereocenters. The molecule has 0 radical (unpaired) electrons. The quantitative estimate of drug-likeness (QED) is 0.160. The highest BCUT2D eigenvalue weighted by molar-refractivity contribution is 8.06. The Labute approximate surface area is 234 Å². The summed E-state index contributed by atoms with van der Waals surface area (Å²) in [7, 11) is 1.28. The van der Waals surface area contributed by atoms with E-state index in [1.807, 2.05) is 30.3 Å². The Hall–Kier alpha value is -4.20. The van der Waals surface area contributed by atoms with Crippen molar-refractivity contribution in [3.05, 3.63) is 76.7 Å². The van der Waals surface area contributed by atoms with E-state index in [0.717, 1.165) is 15.7 Å². The number of carbonyl (C=O) groups is 3. The third-order valence-electron chi connectivity index (χ3n) is 6.54. The summed E-state index contributed by atoms with van der Waals surface area (Å²) >= 11 is 2.59. The first-order chi connectivity index (χ1) is 19.4. The van der Waals surface area contributed by atoms with Crippen LogP contribution in [0.2, 0.25) is 0 Å². The van der Waals surface area contributed by atoms with Gasteiger partial charge < -0.3 is 29.2 Å². The fourth-order valence-electron chi connectivity index (χ4n) is 4.75. The lowest BCUT2D eigenvalue weighted by Gasteiger charge is -2.49. The number of oxime groups is 1. The molecule has 2 aromatic carbocycles. The number of carbonyl (C=O) groups excluding carboxylic acids is 2. The van der Waals surface area contributed by atoms with Crippen molar-refractivity contribution in [3.63, 3.8) is 0 Å². The second kappa shape index (κ2) is 10.4. The first-order valence-corrected chi connectivity index (χ1v) is 13.9. The summed E-state index contributed by atoms with van der Waals surface area (Å²) in [5, 5.41) is 27.2. The van der Waals surface area contributed by atoms with Gasteiger partial charge in [0.15, 0.2) is 5.76 Å². The second-order valence-corrected chi connectivity index (χ2v) is 11.1. The van der Waals surface area contributed by atoms with Gasteiger partial charge in [0.1, 0.15) is 35.4 Å². The predicted molar refractivity (Wildman–Crippen MR) is 147 cm³/mol. The van der Waals surface area contributed by atoms with Gasteiger partial charge in [0, 0.05) is 31.9 Å². The van der Waals surface area contributed by atoms with Crippen molar-refractivity contribution < 1.29 is 38.3 Å². The number of rotatable bonds is 8. The molecule has 204 valence electrons. The van der Waals surface area contributed by atoms with E-state index in [1.54, 1.807) is 12.1 Å². The maximum atomic E-state index is 13.1. The molecule has 0 aliphatic carbocycles. The summed E-state index contributed by atoms with van der Waals surface area (Å²) in [6.45, 7) is -0.152. The number of benzene rings is 2. The minimum Gasteiger partial charge on any atom is -0.477 e. The van der Waals surface area contributed by atoms with E-state index in [9.17, 15) is 24.6 Å². The van der Waals surface area contributed by atoms with E-state index in [0.29, 0.717) is 27.4 Å². The Morgan fingerprint density at radius 1 is 1.23 bits per heavy atom. The molecule has 2 aliphatic rings. The lowest BCUT2D eigenvalue weighted by atomic mass is 10.0. The van der Waals surface area contributed by atoms with Crippen molar-refractivity contribution in [3.8, 4) is 0 Å². The number of aliphatic hydroxyl groups is 1. The van der Waals surface area contributed by atoms with Crippen molar-refractivity contribution in [2.45, 2.75) is 22.9 Å².